The van der Waals surface area contributed by atoms with E-state index < -0.39 is 0 Å². The summed E-state index contributed by atoms with van der Waals surface area (Å²) >= 11 is 0. The van der Waals surface area contributed by atoms with Crippen molar-refractivity contribution in [3.05, 3.63) is 11.6 Å². The zero-order valence-electron chi connectivity index (χ0n) is 20.5. The van der Waals surface area contributed by atoms with Gasteiger partial charge in [0.1, 0.15) is 0 Å². The number of hydrogen-bond donors (Lipinski definition) is 1. The van der Waals surface area contributed by atoms with Gasteiger partial charge < -0.3 is 5.11 Å². The van der Waals surface area contributed by atoms with Gasteiger partial charge in [0.2, 0.25) is 0 Å². The maximum Gasteiger partial charge on any atom is 0.0577 e. The molecule has 0 saturated heterocycles. The van der Waals surface area contributed by atoms with Crippen LogP contribution in [0.5, 0.6) is 0 Å². The van der Waals surface area contributed by atoms with E-state index in [0.29, 0.717) is 10.8 Å². The van der Waals surface area contributed by atoms with Gasteiger partial charge in [-0.3, -0.25) is 0 Å². The second-order valence-corrected chi connectivity index (χ2v) is 13.3. The first-order valence-electron chi connectivity index (χ1n) is 13.6. The molecule has 0 spiro atoms. The fourth-order valence-electron chi connectivity index (χ4n) is 9.70. The fourth-order valence-corrected chi connectivity index (χ4v) is 9.70. The van der Waals surface area contributed by atoms with Crippen molar-refractivity contribution in [2.45, 2.75) is 111 Å². The van der Waals surface area contributed by atoms with Crippen LogP contribution in [-0.2, 0) is 0 Å². The molecule has 0 aromatic rings. The molecule has 5 aliphatic rings. The van der Waals surface area contributed by atoms with E-state index in [1.54, 1.807) is 5.57 Å². The lowest BCUT2D eigenvalue weighted by Crippen LogP contribution is -2.50. The van der Waals surface area contributed by atoms with Gasteiger partial charge in [0, 0.05) is 0 Å². The largest absolute Gasteiger partial charge is 0.393 e. The van der Waals surface area contributed by atoms with Gasteiger partial charge >= 0.3 is 0 Å². The van der Waals surface area contributed by atoms with Crippen LogP contribution in [0.25, 0.3) is 0 Å². The summed E-state index contributed by atoms with van der Waals surface area (Å²) in [5, 5.41) is 10.2. The lowest BCUT2D eigenvalue weighted by atomic mass is 9.47. The number of aliphatic hydroxyl groups excluding tert-OH is 1. The number of fused-ring (bicyclic) bond motifs is 5. The van der Waals surface area contributed by atoms with Crippen molar-refractivity contribution in [2.75, 3.05) is 0 Å². The quantitative estimate of drug-likeness (QED) is 0.460. The van der Waals surface area contributed by atoms with E-state index >= 15 is 0 Å². The molecule has 4 saturated carbocycles. The van der Waals surface area contributed by atoms with Crippen molar-refractivity contribution in [3.8, 4) is 0 Å². The molecule has 0 amide bonds. The molecule has 0 radical (unpaired) electrons. The number of allylic oxidation sites excluding steroid dienone is 1. The van der Waals surface area contributed by atoms with Crippen molar-refractivity contribution in [2.24, 2.45) is 58.2 Å². The first kappa shape index (κ1) is 21.5. The first-order valence-corrected chi connectivity index (χ1v) is 13.6. The van der Waals surface area contributed by atoms with E-state index in [0.717, 1.165) is 60.2 Å². The molecular weight excluding hydrogens is 364 g/mol. The average molecular weight is 413 g/mol. The van der Waals surface area contributed by atoms with Crippen molar-refractivity contribution >= 4 is 0 Å². The zero-order chi connectivity index (χ0) is 21.3. The Kier molecular flexibility index (Phi) is 5.48. The summed E-state index contributed by atoms with van der Waals surface area (Å²) in [7, 11) is 0. The summed E-state index contributed by atoms with van der Waals surface area (Å²) in [6, 6.07) is 0. The molecule has 0 heterocycles. The molecule has 11 atom stereocenters. The molecule has 1 unspecified atom stereocenters. The average Bonchev–Trinajstić information content (AvgIpc) is 3.33. The van der Waals surface area contributed by atoms with E-state index in [1.807, 2.05) is 0 Å². The number of rotatable bonds is 5. The van der Waals surface area contributed by atoms with Gasteiger partial charge in [0.15, 0.2) is 0 Å². The maximum atomic E-state index is 10.2. The lowest BCUT2D eigenvalue weighted by Gasteiger charge is -2.58. The van der Waals surface area contributed by atoms with Crippen LogP contribution in [0.2, 0.25) is 0 Å². The summed E-state index contributed by atoms with van der Waals surface area (Å²) in [6.07, 6.45) is 17.4. The van der Waals surface area contributed by atoms with E-state index in [4.69, 9.17) is 0 Å². The summed E-state index contributed by atoms with van der Waals surface area (Å²) in [5.41, 5.74) is 2.60. The van der Waals surface area contributed by atoms with Crippen LogP contribution in [0.4, 0.5) is 0 Å². The molecule has 1 heteroatoms. The molecule has 0 aromatic heterocycles. The van der Waals surface area contributed by atoms with Crippen molar-refractivity contribution in [3.63, 3.8) is 0 Å². The van der Waals surface area contributed by atoms with Crippen LogP contribution in [0.1, 0.15) is 105 Å². The Hall–Kier alpha value is -0.300. The molecule has 170 valence electrons. The molecule has 5 aliphatic carbocycles. The minimum atomic E-state index is -0.0764. The summed E-state index contributed by atoms with van der Waals surface area (Å²) in [4.78, 5) is 0. The lowest BCUT2D eigenvalue weighted by molar-refractivity contribution is -0.0574. The molecule has 5 rings (SSSR count). The van der Waals surface area contributed by atoms with Gasteiger partial charge in [0.25, 0.3) is 0 Å². The predicted octanol–water partition coefficient (Wildman–Crippen LogP) is 7.63. The molecule has 1 nitrogen and oxygen atoms in total. The maximum absolute atomic E-state index is 10.2. The molecular formula is C29H48O. The van der Waals surface area contributed by atoms with Crippen LogP contribution in [0.3, 0.4) is 0 Å². The third-order valence-electron chi connectivity index (χ3n) is 11.8. The smallest absolute Gasteiger partial charge is 0.0577 e. The van der Waals surface area contributed by atoms with Crippen LogP contribution in [0.15, 0.2) is 11.6 Å². The normalized spacial score (nSPS) is 51.9. The Bertz CT molecular complexity index is 680. The minimum Gasteiger partial charge on any atom is -0.393 e. The molecule has 0 bridgehead atoms. The highest BCUT2D eigenvalue weighted by molar-refractivity contribution is 5.25. The van der Waals surface area contributed by atoms with E-state index in [-0.39, 0.29) is 6.10 Å². The topological polar surface area (TPSA) is 20.2 Å². The second-order valence-electron chi connectivity index (χ2n) is 13.3. The third-order valence-corrected chi connectivity index (χ3v) is 11.8. The Labute approximate surface area is 186 Å². The van der Waals surface area contributed by atoms with E-state index in [2.05, 4.69) is 40.7 Å². The van der Waals surface area contributed by atoms with Crippen LogP contribution in [0, 0.1) is 58.2 Å². The van der Waals surface area contributed by atoms with Crippen LogP contribution >= 0.6 is 0 Å². The zero-order valence-corrected chi connectivity index (χ0v) is 20.5. The Balaban J connectivity index is 1.28. The molecule has 1 N–H and O–H groups in total. The Morgan fingerprint density at radius 2 is 1.73 bits per heavy atom. The van der Waals surface area contributed by atoms with Crippen LogP contribution in [-0.4, -0.2) is 11.2 Å². The highest BCUT2D eigenvalue weighted by Crippen LogP contribution is 2.67. The number of hydrogen-bond acceptors (Lipinski definition) is 1. The minimum absolute atomic E-state index is 0.0764. The number of aliphatic hydroxyl groups is 1. The molecule has 4 fully saturated rings. The predicted molar refractivity (Wildman–Crippen MR) is 126 cm³/mol. The van der Waals surface area contributed by atoms with Gasteiger partial charge in [-0.05, 0) is 116 Å². The molecule has 30 heavy (non-hydrogen) atoms. The first-order chi connectivity index (χ1) is 14.2. The fraction of sp³-hybridized carbons (Fsp3) is 0.931. The van der Waals surface area contributed by atoms with Gasteiger partial charge in [-0.1, -0.05) is 59.1 Å². The monoisotopic (exact) mass is 412 g/mol. The van der Waals surface area contributed by atoms with Crippen molar-refractivity contribution in [1.82, 2.24) is 0 Å². The SMILES string of the molecule is C[C@H](CC[C@@H](C)[C@@H]1C[C@H]1C)C1CC[C@H]2[C@@H]3CC=C4C[C@@H](O)CC[C@]4(C)[C@H]3CC[C@]12C. The standard InChI is InChI=1S/C29H48O/c1-18(24-16-20(24)3)6-7-19(2)25-10-11-26-23-9-8-21-17-22(30)12-14-28(21,4)27(23)13-15-29(25,26)5/h8,18-20,22-27,30H,6-7,9-17H2,1-5H3/t18-,19-,20-,22+,23+,24+,25?,26+,27+,28+,29-/m1/s1. The summed E-state index contributed by atoms with van der Waals surface area (Å²) in [6.45, 7) is 12.9. The summed E-state index contributed by atoms with van der Waals surface area (Å²) in [5.74, 6) is 7.60. The Morgan fingerprint density at radius 3 is 2.47 bits per heavy atom. The van der Waals surface area contributed by atoms with Crippen molar-refractivity contribution < 1.29 is 5.11 Å². The highest BCUT2D eigenvalue weighted by Gasteiger charge is 2.59. The molecule has 0 aliphatic heterocycles. The van der Waals surface area contributed by atoms with E-state index in [9.17, 15) is 5.11 Å². The summed E-state index contributed by atoms with van der Waals surface area (Å²) < 4.78 is 0. The third kappa shape index (κ3) is 3.36. The van der Waals surface area contributed by atoms with Gasteiger partial charge in [-0.2, -0.15) is 0 Å². The van der Waals surface area contributed by atoms with Gasteiger partial charge in [-0.15, -0.1) is 0 Å². The van der Waals surface area contributed by atoms with Crippen molar-refractivity contribution in [1.29, 1.82) is 0 Å². The highest BCUT2D eigenvalue weighted by atomic mass is 16.3. The Morgan fingerprint density at radius 1 is 1.00 bits per heavy atom. The second kappa shape index (κ2) is 7.64. The van der Waals surface area contributed by atoms with Gasteiger partial charge in [-0.25, -0.2) is 0 Å². The molecule has 0 aromatic carbocycles. The van der Waals surface area contributed by atoms with E-state index in [1.165, 1.54) is 57.8 Å². The van der Waals surface area contributed by atoms with Gasteiger partial charge in [0.05, 0.1) is 6.10 Å². The van der Waals surface area contributed by atoms with Crippen LogP contribution < -0.4 is 0 Å².